The van der Waals surface area contributed by atoms with E-state index in [0.29, 0.717) is 16.1 Å². The SMILES string of the molecule is CCN(CC)c1ccc(C=Nn2c(-c3ccco3)csc2=Nc2cccnc2)c(O)c1. The van der Waals surface area contributed by atoms with Crippen molar-refractivity contribution in [2.75, 3.05) is 18.0 Å². The topological polar surface area (TPSA) is 79.2 Å². The van der Waals surface area contributed by atoms with Crippen LogP contribution in [0.5, 0.6) is 5.75 Å². The number of phenolic OH excluding ortho intramolecular Hbond substituents is 1. The van der Waals surface area contributed by atoms with Crippen LogP contribution < -0.4 is 9.70 Å². The Morgan fingerprint density at radius 2 is 2.06 bits per heavy atom. The second kappa shape index (κ2) is 9.44. The zero-order valence-corrected chi connectivity index (χ0v) is 18.2. The zero-order chi connectivity index (χ0) is 21.6. The van der Waals surface area contributed by atoms with E-state index in [1.807, 2.05) is 41.8 Å². The highest BCUT2D eigenvalue weighted by molar-refractivity contribution is 7.07. The van der Waals surface area contributed by atoms with Crippen molar-refractivity contribution in [2.24, 2.45) is 10.1 Å². The van der Waals surface area contributed by atoms with Gasteiger partial charge in [-0.15, -0.1) is 11.3 Å². The molecule has 8 heteroatoms. The van der Waals surface area contributed by atoms with Crippen LogP contribution in [0.1, 0.15) is 19.4 Å². The average Bonchev–Trinajstić information content (AvgIpc) is 3.45. The summed E-state index contributed by atoms with van der Waals surface area (Å²) in [4.78, 5) is 11.6. The summed E-state index contributed by atoms with van der Waals surface area (Å²) in [6, 6.07) is 13.0. The molecule has 1 N–H and O–H groups in total. The third kappa shape index (κ3) is 4.59. The number of aromatic hydroxyl groups is 1. The van der Waals surface area contributed by atoms with Crippen LogP contribution in [0.3, 0.4) is 0 Å². The smallest absolute Gasteiger partial charge is 0.211 e. The highest BCUT2D eigenvalue weighted by Gasteiger charge is 2.11. The number of pyridine rings is 1. The molecule has 0 spiro atoms. The van der Waals surface area contributed by atoms with E-state index in [9.17, 15) is 5.11 Å². The first-order chi connectivity index (χ1) is 15.2. The van der Waals surface area contributed by atoms with Gasteiger partial charge in [0.2, 0.25) is 4.80 Å². The second-order valence-electron chi connectivity index (χ2n) is 6.68. The van der Waals surface area contributed by atoms with Gasteiger partial charge in [0.25, 0.3) is 0 Å². The minimum atomic E-state index is 0.175. The van der Waals surface area contributed by atoms with Crippen LogP contribution in [-0.4, -0.2) is 34.1 Å². The summed E-state index contributed by atoms with van der Waals surface area (Å²) in [5.41, 5.74) is 3.09. The van der Waals surface area contributed by atoms with E-state index in [1.54, 1.807) is 35.6 Å². The van der Waals surface area contributed by atoms with Crippen LogP contribution in [0.15, 0.2) is 81.0 Å². The Hall–Kier alpha value is -3.65. The number of hydrogen-bond acceptors (Lipinski definition) is 7. The Kier molecular flexibility index (Phi) is 6.28. The predicted octanol–water partition coefficient (Wildman–Crippen LogP) is 4.87. The number of thiazole rings is 1. The number of benzene rings is 1. The van der Waals surface area contributed by atoms with Crippen molar-refractivity contribution >= 4 is 28.9 Å². The molecule has 0 saturated carbocycles. The maximum atomic E-state index is 10.5. The van der Waals surface area contributed by atoms with Crippen molar-refractivity contribution < 1.29 is 9.52 Å². The summed E-state index contributed by atoms with van der Waals surface area (Å²) in [6.45, 7) is 5.93. The van der Waals surface area contributed by atoms with Crippen LogP contribution in [0.4, 0.5) is 11.4 Å². The summed E-state index contributed by atoms with van der Waals surface area (Å²) < 4.78 is 7.27. The highest BCUT2D eigenvalue weighted by Crippen LogP contribution is 2.25. The summed E-state index contributed by atoms with van der Waals surface area (Å²) >= 11 is 1.45. The van der Waals surface area contributed by atoms with Gasteiger partial charge in [0.15, 0.2) is 5.76 Å². The van der Waals surface area contributed by atoms with Crippen LogP contribution >= 0.6 is 11.3 Å². The number of rotatable bonds is 7. The Bertz CT molecular complexity index is 1220. The fourth-order valence-corrected chi connectivity index (χ4v) is 4.00. The van der Waals surface area contributed by atoms with Crippen molar-refractivity contribution in [1.82, 2.24) is 9.66 Å². The molecule has 4 aromatic rings. The first-order valence-corrected chi connectivity index (χ1v) is 10.9. The molecular formula is C23H23N5O2S. The largest absolute Gasteiger partial charge is 0.507 e. The normalized spacial score (nSPS) is 12.0. The van der Waals surface area contributed by atoms with Crippen molar-refractivity contribution in [3.63, 3.8) is 0 Å². The summed E-state index contributed by atoms with van der Waals surface area (Å²) in [5, 5.41) is 17.1. The van der Waals surface area contributed by atoms with Crippen LogP contribution in [0.2, 0.25) is 0 Å². The lowest BCUT2D eigenvalue weighted by Gasteiger charge is -2.21. The zero-order valence-electron chi connectivity index (χ0n) is 17.3. The molecule has 0 aliphatic rings. The van der Waals surface area contributed by atoms with Crippen LogP contribution in [0, 0.1) is 0 Å². The lowest BCUT2D eigenvalue weighted by Crippen LogP contribution is -2.21. The number of aromatic nitrogens is 2. The summed E-state index contributed by atoms with van der Waals surface area (Å²) in [5.74, 6) is 0.858. The average molecular weight is 434 g/mol. The van der Waals surface area contributed by atoms with Gasteiger partial charge >= 0.3 is 0 Å². The van der Waals surface area contributed by atoms with E-state index in [0.717, 1.165) is 30.2 Å². The molecule has 0 radical (unpaired) electrons. The molecule has 7 nitrogen and oxygen atoms in total. The van der Waals surface area contributed by atoms with Gasteiger partial charge in [0.05, 0.1) is 24.4 Å². The molecule has 0 aliphatic heterocycles. The second-order valence-corrected chi connectivity index (χ2v) is 7.51. The molecule has 0 atom stereocenters. The molecule has 3 aromatic heterocycles. The number of phenols is 1. The number of nitrogens with zero attached hydrogens (tertiary/aromatic N) is 5. The Morgan fingerprint density at radius 3 is 2.74 bits per heavy atom. The van der Waals surface area contributed by atoms with Crippen LogP contribution in [0.25, 0.3) is 11.5 Å². The minimum Gasteiger partial charge on any atom is -0.507 e. The first kappa shape index (κ1) is 20.6. The van der Waals surface area contributed by atoms with Crippen molar-refractivity contribution in [2.45, 2.75) is 13.8 Å². The molecule has 0 amide bonds. The maximum absolute atomic E-state index is 10.5. The molecule has 0 bridgehead atoms. The fraction of sp³-hybridized carbons (Fsp3) is 0.174. The third-order valence-electron chi connectivity index (χ3n) is 4.78. The van der Waals surface area contributed by atoms with E-state index in [1.165, 1.54) is 11.3 Å². The van der Waals surface area contributed by atoms with Crippen molar-refractivity contribution in [1.29, 1.82) is 0 Å². The van der Waals surface area contributed by atoms with E-state index < -0.39 is 0 Å². The first-order valence-electron chi connectivity index (χ1n) is 10.0. The molecule has 0 fully saturated rings. The van der Waals surface area contributed by atoms with Gasteiger partial charge in [0, 0.05) is 42.0 Å². The van der Waals surface area contributed by atoms with Gasteiger partial charge in [-0.1, -0.05) is 0 Å². The Morgan fingerprint density at radius 1 is 1.19 bits per heavy atom. The van der Waals surface area contributed by atoms with Crippen molar-refractivity contribution in [3.05, 3.63) is 76.9 Å². The Balaban J connectivity index is 1.74. The molecular weight excluding hydrogens is 410 g/mol. The van der Waals surface area contributed by atoms with E-state index in [-0.39, 0.29) is 5.75 Å². The highest BCUT2D eigenvalue weighted by atomic mass is 32.1. The van der Waals surface area contributed by atoms with Gasteiger partial charge in [-0.2, -0.15) is 5.10 Å². The number of furan rings is 1. The lowest BCUT2D eigenvalue weighted by molar-refractivity contribution is 0.474. The molecule has 0 aliphatic carbocycles. The fourth-order valence-electron chi connectivity index (χ4n) is 3.16. The summed E-state index contributed by atoms with van der Waals surface area (Å²) in [6.07, 6.45) is 6.65. The van der Waals surface area contributed by atoms with E-state index >= 15 is 0 Å². The molecule has 0 unspecified atom stereocenters. The van der Waals surface area contributed by atoms with Gasteiger partial charge in [-0.05, 0) is 50.2 Å². The molecule has 1 aromatic carbocycles. The molecule has 3 heterocycles. The third-order valence-corrected chi connectivity index (χ3v) is 5.60. The van der Waals surface area contributed by atoms with Gasteiger partial charge < -0.3 is 14.4 Å². The number of anilines is 1. The molecule has 158 valence electrons. The minimum absolute atomic E-state index is 0.175. The van der Waals surface area contributed by atoms with Crippen molar-refractivity contribution in [3.8, 4) is 17.2 Å². The maximum Gasteiger partial charge on any atom is 0.211 e. The quantitative estimate of drug-likeness (QED) is 0.422. The van der Waals surface area contributed by atoms with E-state index in [2.05, 4.69) is 33.8 Å². The summed E-state index contributed by atoms with van der Waals surface area (Å²) in [7, 11) is 0. The monoisotopic (exact) mass is 433 g/mol. The van der Waals surface area contributed by atoms with Gasteiger partial charge in [0.1, 0.15) is 11.4 Å². The Labute approximate surface area is 184 Å². The number of hydrogen-bond donors (Lipinski definition) is 1. The van der Waals surface area contributed by atoms with Gasteiger partial charge in [-0.25, -0.2) is 9.67 Å². The van der Waals surface area contributed by atoms with Gasteiger partial charge in [-0.3, -0.25) is 4.98 Å². The molecule has 0 saturated heterocycles. The molecule has 4 rings (SSSR count). The molecule has 31 heavy (non-hydrogen) atoms. The lowest BCUT2D eigenvalue weighted by atomic mass is 10.2. The van der Waals surface area contributed by atoms with E-state index in [4.69, 9.17) is 4.42 Å². The van der Waals surface area contributed by atoms with Crippen LogP contribution in [-0.2, 0) is 0 Å². The standard InChI is InChI=1S/C23H23N5O2S/c1-3-27(4-2)19-10-9-17(21(29)13-19)14-25-28-20(22-8-6-12-30-22)16-31-23(28)26-18-7-5-11-24-15-18/h5-16,29H,3-4H2,1-2H3. The predicted molar refractivity (Wildman–Crippen MR) is 124 cm³/mol.